The molecule has 2 fully saturated rings. The Bertz CT molecular complexity index is 2020. The Kier molecular flexibility index (Phi) is 16.5. The van der Waals surface area contributed by atoms with Gasteiger partial charge in [-0.2, -0.15) is 0 Å². The van der Waals surface area contributed by atoms with E-state index in [1.54, 1.807) is 49.0 Å². The number of benzene rings is 3. The highest BCUT2D eigenvalue weighted by Gasteiger charge is 2.52. The number of aromatic amines is 1. The molecular formula is C44H56N3O10PS2. The normalized spacial score (nSPS) is 22.6. The van der Waals surface area contributed by atoms with E-state index in [9.17, 15) is 9.59 Å². The van der Waals surface area contributed by atoms with Gasteiger partial charge in [-0.3, -0.25) is 14.3 Å². The van der Waals surface area contributed by atoms with E-state index in [1.165, 1.54) is 16.8 Å². The van der Waals surface area contributed by atoms with Crippen LogP contribution in [0.5, 0.6) is 11.5 Å². The van der Waals surface area contributed by atoms with Gasteiger partial charge in [-0.15, -0.1) is 6.58 Å². The van der Waals surface area contributed by atoms with Crippen molar-refractivity contribution in [3.63, 3.8) is 0 Å². The summed E-state index contributed by atoms with van der Waals surface area (Å²) in [6.07, 6.45) is -0.807. The van der Waals surface area contributed by atoms with E-state index in [1.807, 2.05) is 78.9 Å². The van der Waals surface area contributed by atoms with Gasteiger partial charge in [-0.1, -0.05) is 82.3 Å². The van der Waals surface area contributed by atoms with Crippen molar-refractivity contribution in [2.45, 2.75) is 82.1 Å². The maximum atomic E-state index is 13.4. The van der Waals surface area contributed by atoms with Gasteiger partial charge >= 0.3 is 5.69 Å². The number of nitrogens with one attached hydrogen (secondary N) is 1. The van der Waals surface area contributed by atoms with Crippen LogP contribution in [0.1, 0.15) is 50.6 Å². The van der Waals surface area contributed by atoms with Gasteiger partial charge < -0.3 is 37.5 Å². The van der Waals surface area contributed by atoms with Crippen molar-refractivity contribution in [3.05, 3.63) is 141 Å². The molecule has 0 radical (unpaired) electrons. The smallest absolute Gasteiger partial charge is 0.330 e. The van der Waals surface area contributed by atoms with Gasteiger partial charge in [0.05, 0.1) is 33.5 Å². The molecule has 2 saturated heterocycles. The van der Waals surface area contributed by atoms with Gasteiger partial charge in [0.25, 0.3) is 14.1 Å². The van der Waals surface area contributed by atoms with Crippen molar-refractivity contribution in [2.24, 2.45) is 0 Å². The maximum absolute atomic E-state index is 13.4. The maximum Gasteiger partial charge on any atom is 0.330 e. The van der Waals surface area contributed by atoms with Crippen LogP contribution in [-0.2, 0) is 33.6 Å². The molecule has 0 bridgehead atoms. The lowest BCUT2D eigenvalue weighted by atomic mass is 9.80. The first-order chi connectivity index (χ1) is 29.0. The minimum absolute atomic E-state index is 0.0282. The summed E-state index contributed by atoms with van der Waals surface area (Å²) in [5.74, 6) is 2.83. The van der Waals surface area contributed by atoms with Crippen molar-refractivity contribution < 1.29 is 37.5 Å². The SMILES string of the molecule is C=CCO[C@@H]1CSSC[C@@H]1OP(OC1[C@@H](OC)[C@H](n2ccc(=O)[nH]c2=O)O[C@@H]1COC(c1ccccc1)(c1ccc(OC)cc1)c1ccc(OC)cc1)N(C(C)C)C(C)C. The Labute approximate surface area is 361 Å². The predicted molar refractivity (Wildman–Crippen MR) is 238 cm³/mol. The Hall–Kier alpha value is -3.47. The minimum atomic E-state index is -1.80. The number of rotatable bonds is 20. The molecule has 7 atom stereocenters. The minimum Gasteiger partial charge on any atom is -0.497 e. The van der Waals surface area contributed by atoms with Gasteiger partial charge in [-0.25, -0.2) is 9.46 Å². The van der Waals surface area contributed by atoms with Gasteiger partial charge in [0.15, 0.2) is 6.23 Å². The van der Waals surface area contributed by atoms with Crippen LogP contribution in [0, 0.1) is 0 Å². The molecule has 16 heteroatoms. The topological polar surface area (TPSA) is 132 Å². The zero-order valence-corrected chi connectivity index (χ0v) is 37.7. The number of hydrogen-bond acceptors (Lipinski definition) is 13. The fourth-order valence-electron chi connectivity index (χ4n) is 7.57. The van der Waals surface area contributed by atoms with Crippen LogP contribution < -0.4 is 20.7 Å². The van der Waals surface area contributed by atoms with Crippen LogP contribution in [0.25, 0.3) is 0 Å². The van der Waals surface area contributed by atoms with Crippen molar-refractivity contribution in [1.82, 2.24) is 14.2 Å². The molecule has 0 saturated carbocycles. The quantitative estimate of drug-likeness (QED) is 0.0406. The predicted octanol–water partition coefficient (Wildman–Crippen LogP) is 7.56. The highest BCUT2D eigenvalue weighted by Crippen LogP contribution is 2.53. The summed E-state index contributed by atoms with van der Waals surface area (Å²) in [5.41, 5.74) is 0.179. The van der Waals surface area contributed by atoms with Crippen molar-refractivity contribution in [3.8, 4) is 11.5 Å². The van der Waals surface area contributed by atoms with Crippen LogP contribution in [-0.4, -0.2) is 103 Å². The molecule has 3 heterocycles. The summed E-state index contributed by atoms with van der Waals surface area (Å²) in [7, 11) is 6.51. The fourth-order valence-corrected chi connectivity index (χ4v) is 12.0. The molecule has 1 N–H and O–H groups in total. The molecule has 324 valence electrons. The summed E-state index contributed by atoms with van der Waals surface area (Å²) < 4.78 is 55.6. The summed E-state index contributed by atoms with van der Waals surface area (Å²) in [5, 5.41) is 0. The number of H-pyrrole nitrogens is 1. The van der Waals surface area contributed by atoms with E-state index >= 15 is 0 Å². The van der Waals surface area contributed by atoms with E-state index in [-0.39, 0.29) is 30.9 Å². The Morgan fingerprint density at radius 1 is 0.833 bits per heavy atom. The summed E-state index contributed by atoms with van der Waals surface area (Å²) in [6.45, 7) is 12.7. The van der Waals surface area contributed by atoms with E-state index in [0.29, 0.717) is 23.9 Å². The third kappa shape index (κ3) is 10.4. The fraction of sp³-hybridized carbons (Fsp3) is 0.455. The number of nitrogens with zero attached hydrogens (tertiary/aromatic N) is 2. The van der Waals surface area contributed by atoms with Gasteiger partial charge in [0.1, 0.15) is 41.5 Å². The van der Waals surface area contributed by atoms with Crippen LogP contribution >= 0.6 is 30.1 Å². The highest BCUT2D eigenvalue weighted by molar-refractivity contribution is 8.76. The first kappa shape index (κ1) is 46.0. The molecule has 60 heavy (non-hydrogen) atoms. The number of methoxy groups -OCH3 is 3. The highest BCUT2D eigenvalue weighted by atomic mass is 33.1. The molecular weight excluding hydrogens is 826 g/mol. The van der Waals surface area contributed by atoms with E-state index < -0.39 is 49.9 Å². The average Bonchev–Trinajstić information content (AvgIpc) is 3.60. The molecule has 2 aliphatic heterocycles. The van der Waals surface area contributed by atoms with Crippen molar-refractivity contribution in [2.75, 3.05) is 46.0 Å². The summed E-state index contributed by atoms with van der Waals surface area (Å²) >= 11 is 0. The second-order valence-electron chi connectivity index (χ2n) is 14.8. The molecule has 6 rings (SSSR count). The molecule has 13 nitrogen and oxygen atoms in total. The molecule has 0 amide bonds. The lowest BCUT2D eigenvalue weighted by Gasteiger charge is -2.41. The third-order valence-electron chi connectivity index (χ3n) is 10.4. The average molecular weight is 882 g/mol. The summed E-state index contributed by atoms with van der Waals surface area (Å²) in [6, 6.07) is 26.9. The van der Waals surface area contributed by atoms with Crippen LogP contribution in [0.2, 0.25) is 0 Å². The largest absolute Gasteiger partial charge is 0.497 e. The zero-order chi connectivity index (χ0) is 42.8. The second kappa shape index (κ2) is 21.6. The molecule has 0 aliphatic carbocycles. The standard InChI is InChI=1S/C44H56N3O10PS2/c1-9-25-53-37-27-59-60-28-38(37)56-58(47(29(2)3)30(4)5)57-40-36(55-42(41(40)52-8)46-24-23-39(48)45-43(46)49)26-54-44(31-13-11-10-12-14-31,32-15-19-34(50-6)20-16-32)33-17-21-35(51-7)22-18-33/h9-24,29-30,36-38,40-42H,1,25-28H2,2-8H3,(H,45,48,49)/t36-,37-,38+,40?,41-,42-,58?/m1/s1. The Morgan fingerprint density at radius 2 is 1.42 bits per heavy atom. The Balaban J connectivity index is 1.46. The van der Waals surface area contributed by atoms with Crippen LogP contribution in [0.4, 0.5) is 0 Å². The number of hydrogen-bond donors (Lipinski definition) is 1. The zero-order valence-electron chi connectivity index (χ0n) is 35.1. The first-order valence-electron chi connectivity index (χ1n) is 19.9. The lowest BCUT2D eigenvalue weighted by Crippen LogP contribution is -2.44. The van der Waals surface area contributed by atoms with E-state index in [4.69, 9.17) is 37.5 Å². The lowest BCUT2D eigenvalue weighted by molar-refractivity contribution is -0.0962. The molecule has 2 aliphatic rings. The van der Waals surface area contributed by atoms with Crippen LogP contribution in [0.15, 0.2) is 113 Å². The molecule has 0 spiro atoms. The number of aromatic nitrogens is 2. The van der Waals surface area contributed by atoms with Gasteiger partial charge in [0, 0.05) is 43.0 Å². The van der Waals surface area contributed by atoms with Gasteiger partial charge in [0.2, 0.25) is 0 Å². The molecule has 4 aromatic rings. The summed E-state index contributed by atoms with van der Waals surface area (Å²) in [4.78, 5) is 28.0. The number of ether oxygens (including phenoxy) is 6. The Morgan fingerprint density at radius 3 is 1.95 bits per heavy atom. The molecule has 3 aromatic carbocycles. The van der Waals surface area contributed by atoms with Crippen molar-refractivity contribution >= 4 is 30.1 Å². The molecule has 1 aromatic heterocycles. The monoisotopic (exact) mass is 881 g/mol. The molecule has 2 unspecified atom stereocenters. The first-order valence-corrected chi connectivity index (χ1v) is 23.5. The second-order valence-corrected chi connectivity index (χ2v) is 18.8. The van der Waals surface area contributed by atoms with E-state index in [2.05, 4.69) is 43.9 Å². The van der Waals surface area contributed by atoms with Crippen molar-refractivity contribution in [1.29, 1.82) is 0 Å². The third-order valence-corrected chi connectivity index (χ3v) is 15.0. The van der Waals surface area contributed by atoms with Gasteiger partial charge in [-0.05, 0) is 68.7 Å². The van der Waals surface area contributed by atoms with Crippen LogP contribution in [0.3, 0.4) is 0 Å². The van der Waals surface area contributed by atoms with E-state index in [0.717, 1.165) is 22.4 Å².